The molecule has 0 aliphatic rings. The lowest BCUT2D eigenvalue weighted by Gasteiger charge is -2.11. The van der Waals surface area contributed by atoms with Crippen LogP contribution in [0.15, 0.2) is 54.6 Å². The summed E-state index contributed by atoms with van der Waals surface area (Å²) < 4.78 is 5.39. The Hall–Kier alpha value is -1.88. The summed E-state index contributed by atoms with van der Waals surface area (Å²) in [7, 11) is 1.58. The molecular formula is C21H19Cl2NO2S. The van der Waals surface area contributed by atoms with Crippen molar-refractivity contribution in [1.29, 1.82) is 0 Å². The van der Waals surface area contributed by atoms with Gasteiger partial charge in [-0.3, -0.25) is 4.79 Å². The maximum Gasteiger partial charge on any atom is 0.255 e. The molecule has 0 spiro atoms. The third kappa shape index (κ3) is 5.10. The van der Waals surface area contributed by atoms with Crippen LogP contribution in [0.25, 0.3) is 10.8 Å². The molecule has 0 fully saturated rings. The Balaban J connectivity index is 1.55. The summed E-state index contributed by atoms with van der Waals surface area (Å²) in [6.07, 6.45) is 0. The monoisotopic (exact) mass is 419 g/mol. The van der Waals surface area contributed by atoms with Crippen molar-refractivity contribution in [2.24, 2.45) is 0 Å². The fourth-order valence-electron chi connectivity index (χ4n) is 2.72. The first-order valence-corrected chi connectivity index (χ1v) is 10.4. The Labute approximate surface area is 173 Å². The third-order valence-corrected chi connectivity index (χ3v) is 5.71. The molecule has 3 aromatic carbocycles. The molecule has 0 aliphatic heterocycles. The summed E-state index contributed by atoms with van der Waals surface area (Å²) in [5.74, 6) is 1.99. The molecule has 3 rings (SSSR count). The number of ether oxygens (including phenoxy) is 1. The van der Waals surface area contributed by atoms with Crippen LogP contribution in [-0.2, 0) is 5.75 Å². The Kier molecular flexibility index (Phi) is 6.89. The topological polar surface area (TPSA) is 38.3 Å². The van der Waals surface area contributed by atoms with E-state index < -0.39 is 0 Å². The molecule has 1 N–H and O–H groups in total. The Bertz CT molecular complexity index is 962. The highest BCUT2D eigenvalue weighted by atomic mass is 35.5. The van der Waals surface area contributed by atoms with Crippen molar-refractivity contribution >= 4 is 51.6 Å². The third-order valence-electron chi connectivity index (χ3n) is 4.12. The fraction of sp³-hybridized carbons (Fsp3) is 0.190. The zero-order chi connectivity index (χ0) is 19.2. The van der Waals surface area contributed by atoms with Gasteiger partial charge in [0.2, 0.25) is 0 Å². The van der Waals surface area contributed by atoms with Gasteiger partial charge >= 0.3 is 0 Å². The second kappa shape index (κ2) is 9.36. The number of fused-ring (bicyclic) bond motifs is 1. The number of thioether (sulfide) groups is 1. The van der Waals surface area contributed by atoms with Crippen LogP contribution in [0.1, 0.15) is 15.9 Å². The van der Waals surface area contributed by atoms with Crippen molar-refractivity contribution in [2.75, 3.05) is 19.4 Å². The van der Waals surface area contributed by atoms with Crippen LogP contribution in [0, 0.1) is 0 Å². The first-order valence-electron chi connectivity index (χ1n) is 8.45. The number of nitrogens with one attached hydrogen (secondary N) is 1. The van der Waals surface area contributed by atoms with E-state index in [1.54, 1.807) is 24.9 Å². The van der Waals surface area contributed by atoms with Crippen LogP contribution >= 0.6 is 35.0 Å². The van der Waals surface area contributed by atoms with Crippen molar-refractivity contribution in [3.05, 3.63) is 75.8 Å². The number of methoxy groups -OCH3 is 1. The standard InChI is InChI=1S/C21H19Cl2NO2S/c1-26-20-11-15-5-3-2-4-14(15)10-18(20)21(25)24-8-9-27-13-16-6-7-17(22)12-19(16)23/h2-7,10-12H,8-9,13H2,1H3,(H,24,25). The molecule has 0 unspecified atom stereocenters. The van der Waals surface area contributed by atoms with E-state index in [1.165, 1.54) is 0 Å². The van der Waals surface area contributed by atoms with Crippen molar-refractivity contribution in [2.45, 2.75) is 5.75 Å². The maximum absolute atomic E-state index is 12.6. The summed E-state index contributed by atoms with van der Waals surface area (Å²) in [4.78, 5) is 12.6. The first kappa shape index (κ1) is 19.9. The van der Waals surface area contributed by atoms with Gasteiger partial charge in [-0.15, -0.1) is 0 Å². The number of hydrogen-bond donors (Lipinski definition) is 1. The molecule has 0 atom stereocenters. The van der Waals surface area contributed by atoms with Gasteiger partial charge < -0.3 is 10.1 Å². The molecule has 0 saturated carbocycles. The largest absolute Gasteiger partial charge is 0.496 e. The van der Waals surface area contributed by atoms with E-state index in [2.05, 4.69) is 5.32 Å². The molecule has 27 heavy (non-hydrogen) atoms. The summed E-state index contributed by atoms with van der Waals surface area (Å²) in [5, 5.41) is 6.30. The van der Waals surface area contributed by atoms with Crippen LogP contribution in [-0.4, -0.2) is 25.3 Å². The van der Waals surface area contributed by atoms with Crippen molar-refractivity contribution in [1.82, 2.24) is 5.32 Å². The highest BCUT2D eigenvalue weighted by molar-refractivity contribution is 7.98. The number of carbonyl (C=O) groups excluding carboxylic acids is 1. The van der Waals surface area contributed by atoms with Crippen LogP contribution < -0.4 is 10.1 Å². The zero-order valence-electron chi connectivity index (χ0n) is 14.8. The second-order valence-electron chi connectivity index (χ2n) is 5.94. The van der Waals surface area contributed by atoms with Gasteiger partial charge in [0.25, 0.3) is 5.91 Å². The summed E-state index contributed by atoms with van der Waals surface area (Å²) >= 11 is 13.8. The van der Waals surface area contributed by atoms with Gasteiger partial charge in [-0.1, -0.05) is 53.5 Å². The summed E-state index contributed by atoms with van der Waals surface area (Å²) in [6.45, 7) is 0.560. The second-order valence-corrected chi connectivity index (χ2v) is 7.89. The number of halogens is 2. The van der Waals surface area contributed by atoms with Crippen molar-refractivity contribution in [3.63, 3.8) is 0 Å². The van der Waals surface area contributed by atoms with E-state index in [4.69, 9.17) is 27.9 Å². The number of hydrogen-bond acceptors (Lipinski definition) is 3. The fourth-order valence-corrected chi connectivity index (χ4v) is 4.14. The smallest absolute Gasteiger partial charge is 0.255 e. The van der Waals surface area contributed by atoms with Crippen molar-refractivity contribution < 1.29 is 9.53 Å². The number of benzene rings is 3. The number of amides is 1. The predicted molar refractivity (Wildman–Crippen MR) is 115 cm³/mol. The Morgan fingerprint density at radius 2 is 1.81 bits per heavy atom. The molecule has 0 saturated heterocycles. The van der Waals surface area contributed by atoms with Gasteiger partial charge in [0.1, 0.15) is 5.75 Å². The average molecular weight is 420 g/mol. The molecule has 0 aliphatic carbocycles. The summed E-state index contributed by atoms with van der Waals surface area (Å²) in [5.41, 5.74) is 1.58. The molecule has 0 radical (unpaired) electrons. The van der Waals surface area contributed by atoms with Crippen LogP contribution in [0.3, 0.4) is 0 Å². The zero-order valence-corrected chi connectivity index (χ0v) is 17.1. The molecule has 0 heterocycles. The molecule has 140 valence electrons. The molecule has 0 aromatic heterocycles. The highest BCUT2D eigenvalue weighted by Crippen LogP contribution is 2.26. The van der Waals surface area contributed by atoms with E-state index in [1.807, 2.05) is 48.5 Å². The molecule has 0 bridgehead atoms. The van der Waals surface area contributed by atoms with Crippen LogP contribution in [0.2, 0.25) is 10.0 Å². The van der Waals surface area contributed by atoms with Gasteiger partial charge in [0.05, 0.1) is 12.7 Å². The molecule has 3 aromatic rings. The van der Waals surface area contributed by atoms with Gasteiger partial charge in [-0.05, 0) is 40.6 Å². The molecule has 6 heteroatoms. The van der Waals surface area contributed by atoms with Gasteiger partial charge in [-0.2, -0.15) is 11.8 Å². The lowest BCUT2D eigenvalue weighted by atomic mass is 10.1. The highest BCUT2D eigenvalue weighted by Gasteiger charge is 2.13. The van der Waals surface area contributed by atoms with Crippen LogP contribution in [0.4, 0.5) is 0 Å². The average Bonchev–Trinajstić information content (AvgIpc) is 2.68. The van der Waals surface area contributed by atoms with E-state index in [0.717, 1.165) is 27.8 Å². The van der Waals surface area contributed by atoms with E-state index in [0.29, 0.717) is 27.9 Å². The Morgan fingerprint density at radius 1 is 1.07 bits per heavy atom. The lowest BCUT2D eigenvalue weighted by molar-refractivity contribution is 0.0953. The first-order chi connectivity index (χ1) is 13.1. The molecule has 1 amide bonds. The minimum atomic E-state index is -0.136. The minimum absolute atomic E-state index is 0.136. The lowest BCUT2D eigenvalue weighted by Crippen LogP contribution is -2.26. The van der Waals surface area contributed by atoms with Crippen molar-refractivity contribution in [3.8, 4) is 5.75 Å². The molecule has 3 nitrogen and oxygen atoms in total. The van der Waals surface area contributed by atoms with E-state index in [-0.39, 0.29) is 5.91 Å². The predicted octanol–water partition coefficient (Wildman–Crippen LogP) is 5.82. The van der Waals surface area contributed by atoms with Crippen LogP contribution in [0.5, 0.6) is 5.75 Å². The van der Waals surface area contributed by atoms with Gasteiger partial charge in [0.15, 0.2) is 0 Å². The SMILES string of the molecule is COc1cc2ccccc2cc1C(=O)NCCSCc1ccc(Cl)cc1Cl. The van der Waals surface area contributed by atoms with Gasteiger partial charge in [-0.25, -0.2) is 0 Å². The quantitative estimate of drug-likeness (QED) is 0.490. The number of carbonyl (C=O) groups is 1. The van der Waals surface area contributed by atoms with E-state index in [9.17, 15) is 4.79 Å². The van der Waals surface area contributed by atoms with E-state index >= 15 is 0 Å². The Morgan fingerprint density at radius 3 is 2.52 bits per heavy atom. The minimum Gasteiger partial charge on any atom is -0.496 e. The summed E-state index contributed by atoms with van der Waals surface area (Å²) in [6, 6.07) is 17.2. The normalized spacial score (nSPS) is 10.8. The number of rotatable bonds is 7. The maximum atomic E-state index is 12.6. The molecular weight excluding hydrogens is 401 g/mol. The van der Waals surface area contributed by atoms with Gasteiger partial charge in [0, 0.05) is 28.1 Å².